The fourth-order valence-corrected chi connectivity index (χ4v) is 3.66. The number of carboxylic acid groups (broad SMARTS) is 1. The standard InChI is InChI=1S/C21H25N5O7/c22-18-15-19(26(10-23-15)20-17(31)16(30)13(9-27)33-20)25-21(24-18)32-8-7-12-3-1-11(2-4-12)5-6-14(28)29/h1-4,10,13,16-17,20,27,30-31H,5-9H2,(H,28,29)(H2,22,24,25)/t13-,16?,17?,20-/m1/s1. The van der Waals surface area contributed by atoms with E-state index in [4.69, 9.17) is 20.3 Å². The fraction of sp³-hybridized carbons (Fsp3) is 0.429. The molecule has 3 heterocycles. The number of aliphatic hydroxyl groups is 3. The Morgan fingerprint density at radius 2 is 1.82 bits per heavy atom. The summed E-state index contributed by atoms with van der Waals surface area (Å²) in [4.78, 5) is 23.3. The van der Waals surface area contributed by atoms with E-state index in [0.717, 1.165) is 11.1 Å². The van der Waals surface area contributed by atoms with E-state index in [2.05, 4.69) is 15.0 Å². The first-order valence-electron chi connectivity index (χ1n) is 10.4. The van der Waals surface area contributed by atoms with Gasteiger partial charge < -0.3 is 35.6 Å². The molecule has 33 heavy (non-hydrogen) atoms. The van der Waals surface area contributed by atoms with Crippen molar-refractivity contribution in [2.24, 2.45) is 0 Å². The number of nitrogens with two attached hydrogens (primary N) is 1. The maximum Gasteiger partial charge on any atom is 0.320 e. The van der Waals surface area contributed by atoms with E-state index in [-0.39, 0.29) is 36.0 Å². The Morgan fingerprint density at radius 1 is 1.12 bits per heavy atom. The SMILES string of the molecule is Nc1nc(OCCc2ccc(CCC(=O)O)cc2)nc2c1ncn2[C@@H]1O[C@H](CO)C(O)C1O. The summed E-state index contributed by atoms with van der Waals surface area (Å²) in [5.41, 5.74) is 8.49. The minimum Gasteiger partial charge on any atom is -0.481 e. The number of carboxylic acids is 1. The third kappa shape index (κ3) is 4.88. The number of aryl methyl sites for hydroxylation is 1. The van der Waals surface area contributed by atoms with E-state index in [1.165, 1.54) is 10.9 Å². The average molecular weight is 459 g/mol. The Hall–Kier alpha value is -3.32. The number of imidazole rings is 1. The Bertz CT molecular complexity index is 1120. The highest BCUT2D eigenvalue weighted by atomic mass is 16.6. The number of nitrogen functional groups attached to an aromatic ring is 1. The van der Waals surface area contributed by atoms with E-state index < -0.39 is 37.1 Å². The number of ether oxygens (including phenoxy) is 2. The zero-order chi connectivity index (χ0) is 23.5. The summed E-state index contributed by atoms with van der Waals surface area (Å²) in [7, 11) is 0. The molecule has 1 saturated heterocycles. The molecule has 0 amide bonds. The van der Waals surface area contributed by atoms with E-state index in [0.29, 0.717) is 12.8 Å². The second kappa shape index (κ2) is 9.67. The number of aliphatic carboxylic acids is 1. The van der Waals surface area contributed by atoms with Gasteiger partial charge in [0.05, 0.1) is 19.5 Å². The van der Waals surface area contributed by atoms with Crippen LogP contribution in [0.3, 0.4) is 0 Å². The number of hydrogen-bond donors (Lipinski definition) is 5. The zero-order valence-corrected chi connectivity index (χ0v) is 17.6. The monoisotopic (exact) mass is 459 g/mol. The Kier molecular flexibility index (Phi) is 6.70. The summed E-state index contributed by atoms with van der Waals surface area (Å²) in [6.45, 7) is -0.186. The molecular weight excluding hydrogens is 434 g/mol. The van der Waals surface area contributed by atoms with Gasteiger partial charge in [-0.25, -0.2) is 4.98 Å². The molecule has 6 N–H and O–H groups in total. The number of rotatable bonds is 9. The summed E-state index contributed by atoms with van der Waals surface area (Å²) < 4.78 is 12.6. The molecule has 4 atom stereocenters. The fourth-order valence-electron chi connectivity index (χ4n) is 3.66. The van der Waals surface area contributed by atoms with Crippen molar-refractivity contribution in [3.8, 4) is 6.01 Å². The van der Waals surface area contributed by atoms with Gasteiger partial charge >= 0.3 is 12.0 Å². The van der Waals surface area contributed by atoms with Crippen LogP contribution in [0.1, 0.15) is 23.8 Å². The number of fused-ring (bicyclic) bond motifs is 1. The van der Waals surface area contributed by atoms with Gasteiger partial charge in [-0.3, -0.25) is 9.36 Å². The molecule has 3 aromatic rings. The van der Waals surface area contributed by atoms with Gasteiger partial charge in [0, 0.05) is 12.8 Å². The van der Waals surface area contributed by atoms with E-state index in [1.807, 2.05) is 24.3 Å². The van der Waals surface area contributed by atoms with Crippen LogP contribution in [0.25, 0.3) is 11.2 Å². The molecule has 1 aliphatic heterocycles. The lowest BCUT2D eigenvalue weighted by Crippen LogP contribution is -2.33. The van der Waals surface area contributed by atoms with Crippen molar-refractivity contribution in [1.82, 2.24) is 19.5 Å². The van der Waals surface area contributed by atoms with E-state index in [9.17, 15) is 20.1 Å². The van der Waals surface area contributed by atoms with Gasteiger partial charge in [0.2, 0.25) is 0 Å². The van der Waals surface area contributed by atoms with Crippen molar-refractivity contribution < 1.29 is 34.7 Å². The average Bonchev–Trinajstić information content (AvgIpc) is 3.34. The number of hydrogen-bond acceptors (Lipinski definition) is 10. The lowest BCUT2D eigenvalue weighted by molar-refractivity contribution is -0.136. The molecule has 0 bridgehead atoms. The molecule has 1 aliphatic rings. The smallest absolute Gasteiger partial charge is 0.320 e. The molecule has 2 unspecified atom stereocenters. The molecule has 1 fully saturated rings. The number of aromatic nitrogens is 4. The first-order valence-corrected chi connectivity index (χ1v) is 10.4. The predicted octanol–water partition coefficient (Wildman–Crippen LogP) is -0.341. The molecule has 0 radical (unpaired) electrons. The minimum absolute atomic E-state index is 0.0200. The van der Waals surface area contributed by atoms with Crippen LogP contribution in [-0.4, -0.2) is 77.4 Å². The van der Waals surface area contributed by atoms with Gasteiger partial charge in [0.15, 0.2) is 23.2 Å². The van der Waals surface area contributed by atoms with Gasteiger partial charge in [0.1, 0.15) is 18.3 Å². The summed E-state index contributed by atoms with van der Waals surface area (Å²) in [5.74, 6) is -0.744. The van der Waals surface area contributed by atoms with Crippen molar-refractivity contribution >= 4 is 23.0 Å². The lowest BCUT2D eigenvalue weighted by Gasteiger charge is -2.16. The normalized spacial score (nSPS) is 22.6. The highest BCUT2D eigenvalue weighted by Gasteiger charge is 2.44. The van der Waals surface area contributed by atoms with Crippen molar-refractivity contribution in [3.05, 3.63) is 41.7 Å². The maximum absolute atomic E-state index is 10.7. The highest BCUT2D eigenvalue weighted by Crippen LogP contribution is 2.32. The van der Waals surface area contributed by atoms with Gasteiger partial charge in [-0.1, -0.05) is 24.3 Å². The molecule has 12 heteroatoms. The van der Waals surface area contributed by atoms with Crippen molar-refractivity contribution in [2.75, 3.05) is 18.9 Å². The van der Waals surface area contributed by atoms with Crippen LogP contribution in [0.15, 0.2) is 30.6 Å². The number of anilines is 1. The highest BCUT2D eigenvalue weighted by molar-refractivity contribution is 5.82. The molecule has 0 aliphatic carbocycles. The molecule has 176 valence electrons. The summed E-state index contributed by atoms with van der Waals surface area (Å²) in [5, 5.41) is 38.4. The van der Waals surface area contributed by atoms with Crippen molar-refractivity contribution in [2.45, 2.75) is 43.8 Å². The zero-order valence-electron chi connectivity index (χ0n) is 17.6. The van der Waals surface area contributed by atoms with Crippen LogP contribution in [0, 0.1) is 0 Å². The van der Waals surface area contributed by atoms with Crippen LogP contribution in [0.2, 0.25) is 0 Å². The Balaban J connectivity index is 1.44. The summed E-state index contributed by atoms with van der Waals surface area (Å²) in [6, 6.07) is 7.62. The molecule has 4 rings (SSSR count). The van der Waals surface area contributed by atoms with Gasteiger partial charge in [-0.05, 0) is 17.5 Å². The third-order valence-corrected chi connectivity index (χ3v) is 5.49. The van der Waals surface area contributed by atoms with Crippen LogP contribution < -0.4 is 10.5 Å². The first-order chi connectivity index (χ1) is 15.9. The van der Waals surface area contributed by atoms with Gasteiger partial charge in [-0.15, -0.1) is 0 Å². The molecule has 12 nitrogen and oxygen atoms in total. The topological polar surface area (TPSA) is 186 Å². The second-order valence-corrected chi connectivity index (χ2v) is 7.75. The minimum atomic E-state index is -1.29. The maximum atomic E-state index is 10.7. The van der Waals surface area contributed by atoms with Crippen LogP contribution in [0.5, 0.6) is 6.01 Å². The Labute approximate surface area is 188 Å². The van der Waals surface area contributed by atoms with Crippen LogP contribution in [-0.2, 0) is 22.4 Å². The molecule has 0 spiro atoms. The van der Waals surface area contributed by atoms with E-state index in [1.54, 1.807) is 0 Å². The van der Waals surface area contributed by atoms with Gasteiger partial charge in [0.25, 0.3) is 0 Å². The van der Waals surface area contributed by atoms with Crippen molar-refractivity contribution in [3.63, 3.8) is 0 Å². The number of benzene rings is 1. The number of aliphatic hydroxyl groups excluding tert-OH is 3. The molecule has 1 aromatic carbocycles. The largest absolute Gasteiger partial charge is 0.481 e. The summed E-state index contributed by atoms with van der Waals surface area (Å²) in [6.07, 6.45) is -2.01. The first kappa shape index (κ1) is 22.9. The number of carbonyl (C=O) groups is 1. The summed E-state index contributed by atoms with van der Waals surface area (Å²) >= 11 is 0. The van der Waals surface area contributed by atoms with Crippen LogP contribution in [0.4, 0.5) is 5.82 Å². The quantitative estimate of drug-likeness (QED) is 0.282. The third-order valence-electron chi connectivity index (χ3n) is 5.49. The molecule has 2 aromatic heterocycles. The predicted molar refractivity (Wildman–Crippen MR) is 114 cm³/mol. The Morgan fingerprint density at radius 3 is 2.45 bits per heavy atom. The molecule has 0 saturated carbocycles. The van der Waals surface area contributed by atoms with Crippen LogP contribution >= 0.6 is 0 Å². The second-order valence-electron chi connectivity index (χ2n) is 7.75. The number of nitrogens with zero attached hydrogens (tertiary/aromatic N) is 4. The van der Waals surface area contributed by atoms with Gasteiger partial charge in [-0.2, -0.15) is 9.97 Å². The van der Waals surface area contributed by atoms with E-state index >= 15 is 0 Å². The van der Waals surface area contributed by atoms with Crippen molar-refractivity contribution in [1.29, 1.82) is 0 Å². The molecular formula is C21H25N5O7. The lowest BCUT2D eigenvalue weighted by atomic mass is 10.1.